The van der Waals surface area contributed by atoms with Gasteiger partial charge < -0.3 is 14.5 Å². The zero-order chi connectivity index (χ0) is 16.2. The summed E-state index contributed by atoms with van der Waals surface area (Å²) in [6.45, 7) is 8.33. The van der Waals surface area contributed by atoms with Crippen molar-refractivity contribution in [2.75, 3.05) is 20.1 Å². The maximum atomic E-state index is 12.3. The summed E-state index contributed by atoms with van der Waals surface area (Å²) in [5, 5.41) is 0. The molecule has 1 heterocycles. The molecule has 0 spiro atoms. The summed E-state index contributed by atoms with van der Waals surface area (Å²) in [4.78, 5) is 16.5. The molecule has 0 N–H and O–H groups in total. The summed E-state index contributed by atoms with van der Waals surface area (Å²) >= 11 is 0. The number of likely N-dealkylation sites (tertiary alicyclic amines) is 1. The Kier molecular flexibility index (Phi) is 5.46. The fraction of sp³-hybridized carbons (Fsp3) is 0.611. The van der Waals surface area contributed by atoms with Gasteiger partial charge in [-0.3, -0.25) is 0 Å². The van der Waals surface area contributed by atoms with E-state index in [0.29, 0.717) is 0 Å². The van der Waals surface area contributed by atoms with E-state index in [0.717, 1.165) is 32.5 Å². The van der Waals surface area contributed by atoms with Crippen LogP contribution < -0.4 is 0 Å². The monoisotopic (exact) mass is 304 g/mol. The largest absolute Gasteiger partial charge is 0.444 e. The van der Waals surface area contributed by atoms with Crippen LogP contribution in [0.25, 0.3) is 0 Å². The lowest BCUT2D eigenvalue weighted by Crippen LogP contribution is -2.44. The van der Waals surface area contributed by atoms with E-state index in [1.807, 2.05) is 31.7 Å². The van der Waals surface area contributed by atoms with E-state index >= 15 is 0 Å². The molecule has 4 nitrogen and oxygen atoms in total. The number of amides is 1. The molecule has 1 saturated heterocycles. The summed E-state index contributed by atoms with van der Waals surface area (Å²) in [5.74, 6) is 0. The Hall–Kier alpha value is -1.55. The third-order valence-corrected chi connectivity index (χ3v) is 3.82. The highest BCUT2D eigenvalue weighted by atomic mass is 16.6. The van der Waals surface area contributed by atoms with E-state index in [1.54, 1.807) is 0 Å². The van der Waals surface area contributed by atoms with Crippen LogP contribution in [0.1, 0.15) is 39.2 Å². The SMILES string of the molecule is CN(Cc1ccccc1)CC1CCCN1C(=O)OC(C)(C)C. The highest BCUT2D eigenvalue weighted by Gasteiger charge is 2.32. The molecule has 1 aliphatic rings. The summed E-state index contributed by atoms with van der Waals surface area (Å²) < 4.78 is 5.52. The second kappa shape index (κ2) is 7.14. The molecule has 1 unspecified atom stereocenters. The van der Waals surface area contributed by atoms with Crippen molar-refractivity contribution in [1.82, 2.24) is 9.80 Å². The predicted octanol–water partition coefficient (Wildman–Crippen LogP) is 3.52. The summed E-state index contributed by atoms with van der Waals surface area (Å²) in [6, 6.07) is 10.7. The molecule has 0 bridgehead atoms. The van der Waals surface area contributed by atoms with Crippen molar-refractivity contribution < 1.29 is 9.53 Å². The Balaban J connectivity index is 1.89. The molecular formula is C18H28N2O2. The van der Waals surface area contributed by atoms with Gasteiger partial charge in [-0.25, -0.2) is 4.79 Å². The van der Waals surface area contributed by atoms with E-state index < -0.39 is 5.60 Å². The van der Waals surface area contributed by atoms with E-state index in [9.17, 15) is 4.79 Å². The molecule has 22 heavy (non-hydrogen) atoms. The van der Waals surface area contributed by atoms with Crippen molar-refractivity contribution >= 4 is 6.09 Å². The predicted molar refractivity (Wildman–Crippen MR) is 88.7 cm³/mol. The molecule has 0 radical (unpaired) electrons. The molecule has 2 rings (SSSR count). The molecule has 1 aliphatic heterocycles. The first-order valence-electron chi connectivity index (χ1n) is 8.07. The highest BCUT2D eigenvalue weighted by Crippen LogP contribution is 2.21. The molecule has 122 valence electrons. The lowest BCUT2D eigenvalue weighted by atomic mass is 10.2. The van der Waals surface area contributed by atoms with Gasteiger partial charge in [-0.2, -0.15) is 0 Å². The van der Waals surface area contributed by atoms with Crippen LogP contribution in [0.3, 0.4) is 0 Å². The molecule has 0 aromatic heterocycles. The van der Waals surface area contributed by atoms with Crippen molar-refractivity contribution in [3.8, 4) is 0 Å². The van der Waals surface area contributed by atoms with Crippen LogP contribution in [0.5, 0.6) is 0 Å². The molecule has 4 heteroatoms. The molecule has 1 aromatic rings. The third-order valence-electron chi connectivity index (χ3n) is 3.82. The Morgan fingerprint density at radius 2 is 2.00 bits per heavy atom. The lowest BCUT2D eigenvalue weighted by molar-refractivity contribution is 0.0201. The Morgan fingerprint density at radius 3 is 2.64 bits per heavy atom. The van der Waals surface area contributed by atoms with Crippen LogP contribution in [-0.4, -0.2) is 47.7 Å². The average molecular weight is 304 g/mol. The minimum Gasteiger partial charge on any atom is -0.444 e. The topological polar surface area (TPSA) is 32.8 Å². The van der Waals surface area contributed by atoms with Gasteiger partial charge in [0.2, 0.25) is 0 Å². The van der Waals surface area contributed by atoms with Gasteiger partial charge in [0.25, 0.3) is 0 Å². The molecule has 1 fully saturated rings. The number of hydrogen-bond donors (Lipinski definition) is 0. The quantitative estimate of drug-likeness (QED) is 0.853. The van der Waals surface area contributed by atoms with Gasteiger partial charge in [-0.15, -0.1) is 0 Å². The van der Waals surface area contributed by atoms with E-state index in [-0.39, 0.29) is 12.1 Å². The van der Waals surface area contributed by atoms with Gasteiger partial charge in [0.05, 0.1) is 0 Å². The van der Waals surface area contributed by atoms with E-state index in [1.165, 1.54) is 5.56 Å². The molecule has 1 amide bonds. The van der Waals surface area contributed by atoms with Crippen molar-refractivity contribution in [2.24, 2.45) is 0 Å². The number of carbonyl (C=O) groups is 1. The Morgan fingerprint density at radius 1 is 1.32 bits per heavy atom. The van der Waals surface area contributed by atoms with Crippen molar-refractivity contribution in [2.45, 2.75) is 51.8 Å². The van der Waals surface area contributed by atoms with Gasteiger partial charge in [0, 0.05) is 25.7 Å². The van der Waals surface area contributed by atoms with Crippen LogP contribution in [0.2, 0.25) is 0 Å². The van der Waals surface area contributed by atoms with Crippen molar-refractivity contribution in [1.29, 1.82) is 0 Å². The highest BCUT2D eigenvalue weighted by molar-refractivity contribution is 5.69. The molecule has 0 saturated carbocycles. The van der Waals surface area contributed by atoms with Gasteiger partial charge in [-0.05, 0) is 46.2 Å². The fourth-order valence-corrected chi connectivity index (χ4v) is 2.91. The summed E-state index contributed by atoms with van der Waals surface area (Å²) in [6.07, 6.45) is 1.93. The summed E-state index contributed by atoms with van der Waals surface area (Å²) in [5.41, 5.74) is 0.868. The number of rotatable bonds is 4. The average Bonchev–Trinajstić information content (AvgIpc) is 2.86. The first-order chi connectivity index (χ1) is 10.3. The van der Waals surface area contributed by atoms with Gasteiger partial charge in [0.15, 0.2) is 0 Å². The molecule has 1 atom stereocenters. The number of likely N-dealkylation sites (N-methyl/N-ethyl adjacent to an activating group) is 1. The zero-order valence-electron chi connectivity index (χ0n) is 14.2. The fourth-order valence-electron chi connectivity index (χ4n) is 2.91. The zero-order valence-corrected chi connectivity index (χ0v) is 14.2. The summed E-state index contributed by atoms with van der Waals surface area (Å²) in [7, 11) is 2.11. The standard InChI is InChI=1S/C18H28N2O2/c1-18(2,3)22-17(21)20-12-8-11-16(20)14-19(4)13-15-9-6-5-7-10-15/h5-7,9-10,16H,8,11-14H2,1-4H3. The van der Waals surface area contributed by atoms with Gasteiger partial charge in [0.1, 0.15) is 5.60 Å². The lowest BCUT2D eigenvalue weighted by Gasteiger charge is -2.31. The first-order valence-corrected chi connectivity index (χ1v) is 8.07. The Bertz CT molecular complexity index is 482. The van der Waals surface area contributed by atoms with E-state index in [4.69, 9.17) is 4.74 Å². The van der Waals surface area contributed by atoms with Crippen molar-refractivity contribution in [3.63, 3.8) is 0 Å². The normalized spacial score (nSPS) is 18.8. The van der Waals surface area contributed by atoms with Crippen LogP contribution >= 0.6 is 0 Å². The minimum absolute atomic E-state index is 0.178. The van der Waals surface area contributed by atoms with Crippen LogP contribution in [-0.2, 0) is 11.3 Å². The second-order valence-corrected chi connectivity index (χ2v) is 7.15. The van der Waals surface area contributed by atoms with Gasteiger partial charge >= 0.3 is 6.09 Å². The van der Waals surface area contributed by atoms with E-state index in [2.05, 4.69) is 36.2 Å². The van der Waals surface area contributed by atoms with Gasteiger partial charge in [-0.1, -0.05) is 30.3 Å². The molecule has 1 aromatic carbocycles. The number of benzene rings is 1. The number of hydrogen-bond acceptors (Lipinski definition) is 3. The number of ether oxygens (including phenoxy) is 1. The van der Waals surface area contributed by atoms with Crippen LogP contribution in [0.4, 0.5) is 4.79 Å². The number of carbonyl (C=O) groups excluding carboxylic acids is 1. The molecule has 0 aliphatic carbocycles. The third kappa shape index (κ3) is 5.02. The van der Waals surface area contributed by atoms with Crippen molar-refractivity contribution in [3.05, 3.63) is 35.9 Å². The maximum absolute atomic E-state index is 12.3. The first kappa shape index (κ1) is 16.8. The van der Waals surface area contributed by atoms with Crippen LogP contribution in [0.15, 0.2) is 30.3 Å². The minimum atomic E-state index is -0.430. The maximum Gasteiger partial charge on any atom is 0.410 e. The number of nitrogens with zero attached hydrogens (tertiary/aromatic N) is 2. The second-order valence-electron chi connectivity index (χ2n) is 7.15. The van der Waals surface area contributed by atoms with Crippen LogP contribution in [0, 0.1) is 0 Å². The smallest absolute Gasteiger partial charge is 0.410 e. The molecular weight excluding hydrogens is 276 g/mol. The Labute approximate surface area is 134 Å².